The Bertz CT molecular complexity index is 459. The average Bonchev–Trinajstić information content (AvgIpc) is 2.81. The molecule has 0 amide bonds. The molecule has 1 aromatic rings. The SMILES string of the molecule is CC1CCC(c2nc(C(C)(C)C)c(C(=O)O)s2)C1. The topological polar surface area (TPSA) is 50.2 Å². The molecular weight excluding hydrogens is 246 g/mol. The van der Waals surface area contributed by atoms with Crippen LogP contribution < -0.4 is 0 Å². The number of hydrogen-bond acceptors (Lipinski definition) is 3. The van der Waals surface area contributed by atoms with Crippen LogP contribution in [0.1, 0.15) is 73.2 Å². The van der Waals surface area contributed by atoms with Crippen LogP contribution in [0, 0.1) is 5.92 Å². The number of carboxylic acid groups (broad SMARTS) is 1. The van der Waals surface area contributed by atoms with Crippen molar-refractivity contribution in [2.45, 2.75) is 58.3 Å². The zero-order chi connectivity index (χ0) is 13.5. The highest BCUT2D eigenvalue weighted by Gasteiger charge is 2.31. The molecule has 0 saturated heterocycles. The Morgan fingerprint density at radius 3 is 2.44 bits per heavy atom. The fourth-order valence-electron chi connectivity index (χ4n) is 2.60. The van der Waals surface area contributed by atoms with Crippen LogP contribution in [0.15, 0.2) is 0 Å². The second-order valence-electron chi connectivity index (χ2n) is 6.40. The van der Waals surface area contributed by atoms with Crippen LogP contribution in [0.5, 0.6) is 0 Å². The van der Waals surface area contributed by atoms with Gasteiger partial charge in [-0.3, -0.25) is 0 Å². The molecule has 2 rings (SSSR count). The summed E-state index contributed by atoms with van der Waals surface area (Å²) >= 11 is 1.38. The molecule has 4 heteroatoms. The highest BCUT2D eigenvalue weighted by atomic mass is 32.1. The minimum absolute atomic E-state index is 0.202. The Balaban J connectivity index is 2.37. The first-order chi connectivity index (χ1) is 8.29. The summed E-state index contributed by atoms with van der Waals surface area (Å²) in [6, 6.07) is 0. The van der Waals surface area contributed by atoms with E-state index in [2.05, 4.69) is 11.9 Å². The highest BCUT2D eigenvalue weighted by Crippen LogP contribution is 2.41. The molecule has 1 saturated carbocycles. The molecule has 1 aliphatic rings. The van der Waals surface area contributed by atoms with E-state index in [0.717, 1.165) is 29.5 Å². The van der Waals surface area contributed by atoms with Gasteiger partial charge in [0.2, 0.25) is 0 Å². The standard InChI is InChI=1S/C14H21NO2S/c1-8-5-6-9(7-8)12-15-11(14(2,3)4)10(18-12)13(16)17/h8-9H,5-7H2,1-4H3,(H,16,17). The molecule has 1 heterocycles. The predicted octanol–water partition coefficient (Wildman–Crippen LogP) is 4.04. The lowest BCUT2D eigenvalue weighted by atomic mass is 9.91. The molecule has 1 aromatic heterocycles. The fraction of sp³-hybridized carbons (Fsp3) is 0.714. The molecule has 18 heavy (non-hydrogen) atoms. The molecule has 0 aliphatic heterocycles. The van der Waals surface area contributed by atoms with Crippen molar-refractivity contribution in [2.75, 3.05) is 0 Å². The van der Waals surface area contributed by atoms with Gasteiger partial charge >= 0.3 is 5.97 Å². The minimum Gasteiger partial charge on any atom is -0.477 e. The summed E-state index contributed by atoms with van der Waals surface area (Å²) in [7, 11) is 0. The lowest BCUT2D eigenvalue weighted by molar-refractivity contribution is 0.0699. The summed E-state index contributed by atoms with van der Waals surface area (Å²) in [5, 5.41) is 10.3. The van der Waals surface area contributed by atoms with E-state index in [-0.39, 0.29) is 5.41 Å². The maximum atomic E-state index is 11.3. The second kappa shape index (κ2) is 4.65. The minimum atomic E-state index is -0.838. The molecular formula is C14H21NO2S. The van der Waals surface area contributed by atoms with Crippen LogP contribution in [-0.2, 0) is 5.41 Å². The van der Waals surface area contributed by atoms with E-state index in [1.165, 1.54) is 17.8 Å². The third kappa shape index (κ3) is 2.58. The molecule has 1 aliphatic carbocycles. The van der Waals surface area contributed by atoms with E-state index in [1.807, 2.05) is 20.8 Å². The zero-order valence-electron chi connectivity index (χ0n) is 11.5. The van der Waals surface area contributed by atoms with Crippen LogP contribution >= 0.6 is 11.3 Å². The third-order valence-corrected chi connectivity index (χ3v) is 4.80. The Morgan fingerprint density at radius 1 is 1.39 bits per heavy atom. The summed E-state index contributed by atoms with van der Waals surface area (Å²) in [5.41, 5.74) is 0.543. The van der Waals surface area contributed by atoms with Crippen LogP contribution in [0.2, 0.25) is 0 Å². The number of thiazole rings is 1. The molecule has 1 N–H and O–H groups in total. The lowest BCUT2D eigenvalue weighted by Gasteiger charge is -2.16. The summed E-state index contributed by atoms with van der Waals surface area (Å²) in [4.78, 5) is 16.4. The van der Waals surface area contributed by atoms with E-state index in [0.29, 0.717) is 10.8 Å². The first-order valence-corrected chi connectivity index (χ1v) is 7.35. The zero-order valence-corrected chi connectivity index (χ0v) is 12.3. The number of rotatable bonds is 2. The Kier molecular flexibility index (Phi) is 3.49. The molecule has 2 unspecified atom stereocenters. The van der Waals surface area contributed by atoms with Gasteiger partial charge in [-0.05, 0) is 18.8 Å². The fourth-order valence-corrected chi connectivity index (χ4v) is 3.86. The normalized spacial score (nSPS) is 24.4. The van der Waals surface area contributed by atoms with Gasteiger partial charge < -0.3 is 5.11 Å². The molecule has 2 atom stereocenters. The smallest absolute Gasteiger partial charge is 0.347 e. The van der Waals surface area contributed by atoms with Gasteiger partial charge in [0.15, 0.2) is 0 Å². The first kappa shape index (κ1) is 13.5. The number of hydrogen-bond donors (Lipinski definition) is 1. The Labute approximate surface area is 112 Å². The lowest BCUT2D eigenvalue weighted by Crippen LogP contribution is -2.16. The van der Waals surface area contributed by atoms with Gasteiger partial charge in [-0.1, -0.05) is 34.1 Å². The van der Waals surface area contributed by atoms with E-state index in [9.17, 15) is 9.90 Å². The van der Waals surface area contributed by atoms with Gasteiger partial charge in [-0.2, -0.15) is 0 Å². The number of nitrogens with zero attached hydrogens (tertiary/aromatic N) is 1. The molecule has 0 bridgehead atoms. The number of aromatic nitrogens is 1. The van der Waals surface area contributed by atoms with Gasteiger partial charge in [0.1, 0.15) is 4.88 Å². The van der Waals surface area contributed by atoms with Crippen LogP contribution in [0.3, 0.4) is 0 Å². The highest BCUT2D eigenvalue weighted by molar-refractivity contribution is 7.13. The van der Waals surface area contributed by atoms with Crippen molar-refractivity contribution in [1.29, 1.82) is 0 Å². The summed E-state index contributed by atoms with van der Waals surface area (Å²) in [6.07, 6.45) is 3.53. The monoisotopic (exact) mass is 267 g/mol. The molecule has 0 spiro atoms. The van der Waals surface area contributed by atoms with Gasteiger partial charge in [-0.25, -0.2) is 9.78 Å². The largest absolute Gasteiger partial charge is 0.477 e. The first-order valence-electron chi connectivity index (χ1n) is 6.53. The maximum Gasteiger partial charge on any atom is 0.347 e. The van der Waals surface area contributed by atoms with Gasteiger partial charge in [0.05, 0.1) is 10.7 Å². The van der Waals surface area contributed by atoms with Crippen molar-refractivity contribution in [3.05, 3.63) is 15.6 Å². The number of carbonyl (C=O) groups is 1. The molecule has 0 aromatic carbocycles. The van der Waals surface area contributed by atoms with E-state index >= 15 is 0 Å². The van der Waals surface area contributed by atoms with Crippen molar-refractivity contribution in [3.8, 4) is 0 Å². The Morgan fingerprint density at radius 2 is 2.06 bits per heavy atom. The van der Waals surface area contributed by atoms with Crippen LogP contribution in [0.25, 0.3) is 0 Å². The molecule has 0 radical (unpaired) electrons. The average molecular weight is 267 g/mol. The second-order valence-corrected chi connectivity index (χ2v) is 7.43. The van der Waals surface area contributed by atoms with Crippen molar-refractivity contribution in [1.82, 2.24) is 4.98 Å². The van der Waals surface area contributed by atoms with E-state index in [1.54, 1.807) is 0 Å². The molecule has 100 valence electrons. The van der Waals surface area contributed by atoms with Crippen LogP contribution in [0.4, 0.5) is 0 Å². The summed E-state index contributed by atoms with van der Waals surface area (Å²) in [6.45, 7) is 8.33. The third-order valence-electron chi connectivity index (χ3n) is 3.59. The van der Waals surface area contributed by atoms with E-state index in [4.69, 9.17) is 0 Å². The van der Waals surface area contributed by atoms with E-state index < -0.39 is 5.97 Å². The number of aromatic carboxylic acids is 1. The summed E-state index contributed by atoms with van der Waals surface area (Å²) < 4.78 is 0. The van der Waals surface area contributed by atoms with Crippen molar-refractivity contribution >= 4 is 17.3 Å². The van der Waals surface area contributed by atoms with Gasteiger partial charge in [-0.15, -0.1) is 11.3 Å². The van der Waals surface area contributed by atoms with Gasteiger partial charge in [0, 0.05) is 11.3 Å². The predicted molar refractivity (Wildman–Crippen MR) is 73.5 cm³/mol. The number of carboxylic acids is 1. The van der Waals surface area contributed by atoms with Crippen molar-refractivity contribution in [3.63, 3.8) is 0 Å². The molecule has 3 nitrogen and oxygen atoms in total. The Hall–Kier alpha value is -0.900. The van der Waals surface area contributed by atoms with Gasteiger partial charge in [0.25, 0.3) is 0 Å². The van der Waals surface area contributed by atoms with Crippen molar-refractivity contribution < 1.29 is 9.90 Å². The van der Waals surface area contributed by atoms with Crippen LogP contribution in [-0.4, -0.2) is 16.1 Å². The van der Waals surface area contributed by atoms with Crippen molar-refractivity contribution in [2.24, 2.45) is 5.92 Å². The summed E-state index contributed by atoms with van der Waals surface area (Å²) in [5.74, 6) is 0.374. The quantitative estimate of drug-likeness (QED) is 0.879. The maximum absolute atomic E-state index is 11.3. The molecule has 1 fully saturated rings.